The van der Waals surface area contributed by atoms with Gasteiger partial charge in [-0.05, 0) is 29.8 Å². The Morgan fingerprint density at radius 3 is 2.32 bits per heavy atom. The maximum Gasteiger partial charge on any atom is 0.270 e. The molecule has 0 spiro atoms. The van der Waals surface area contributed by atoms with Crippen molar-refractivity contribution in [2.45, 2.75) is 0 Å². The van der Waals surface area contributed by atoms with Gasteiger partial charge in [0.2, 0.25) is 0 Å². The highest BCUT2D eigenvalue weighted by molar-refractivity contribution is 6.07. The van der Waals surface area contributed by atoms with Crippen molar-refractivity contribution in [3.05, 3.63) is 112 Å². The average Bonchev–Trinajstić information content (AvgIpc) is 2.73. The summed E-state index contributed by atoms with van der Waals surface area (Å²) in [6, 6.07) is 21.4. The van der Waals surface area contributed by atoms with Gasteiger partial charge in [-0.1, -0.05) is 54.6 Å². The number of nitro groups is 1. The third kappa shape index (κ3) is 4.76. The first kappa shape index (κ1) is 18.7. The molecule has 0 aliphatic heterocycles. The molecule has 3 rings (SSSR count). The molecule has 0 heterocycles. The van der Waals surface area contributed by atoms with Gasteiger partial charge in [0.05, 0.1) is 4.92 Å². The zero-order valence-electron chi connectivity index (χ0n) is 14.7. The topological polar surface area (TPSA) is 89.3 Å². The second kappa shape index (κ2) is 8.55. The first-order valence-corrected chi connectivity index (χ1v) is 8.46. The van der Waals surface area contributed by atoms with Crippen molar-refractivity contribution < 1.29 is 14.5 Å². The van der Waals surface area contributed by atoms with Gasteiger partial charge in [-0.15, -0.1) is 0 Å². The smallest absolute Gasteiger partial charge is 0.270 e. The maximum atomic E-state index is 12.3. The molecule has 0 aliphatic carbocycles. The third-order valence-corrected chi connectivity index (χ3v) is 3.95. The summed E-state index contributed by atoms with van der Waals surface area (Å²) in [6.07, 6.45) is 3.13. The Bertz CT molecular complexity index is 1060. The molecule has 0 saturated heterocycles. The molecule has 0 aliphatic rings. The second-order valence-corrected chi connectivity index (χ2v) is 5.95. The number of amides is 1. The number of hydrogen-bond donors (Lipinski definition) is 1. The summed E-state index contributed by atoms with van der Waals surface area (Å²) in [5, 5.41) is 13.6. The SMILES string of the molecule is O=C(C=Cc1cccc(NC(=O)c2cccc([N+](=O)[O-])c2)c1)c1ccccc1. The minimum absolute atomic E-state index is 0.119. The van der Waals surface area contributed by atoms with Gasteiger partial charge in [-0.2, -0.15) is 0 Å². The van der Waals surface area contributed by atoms with Crippen LogP contribution in [0.15, 0.2) is 84.9 Å². The molecule has 138 valence electrons. The average molecular weight is 372 g/mol. The Hall–Kier alpha value is -4.06. The zero-order chi connectivity index (χ0) is 19.9. The van der Waals surface area contributed by atoms with Gasteiger partial charge in [-0.3, -0.25) is 19.7 Å². The van der Waals surface area contributed by atoms with E-state index in [2.05, 4.69) is 5.32 Å². The minimum atomic E-state index is -0.550. The van der Waals surface area contributed by atoms with Crippen LogP contribution in [-0.2, 0) is 0 Å². The molecule has 0 fully saturated rings. The largest absolute Gasteiger partial charge is 0.322 e. The number of carbonyl (C=O) groups excluding carboxylic acids is 2. The molecule has 0 aromatic heterocycles. The summed E-state index contributed by atoms with van der Waals surface area (Å²) in [6.45, 7) is 0. The van der Waals surface area contributed by atoms with Crippen LogP contribution in [0.4, 0.5) is 11.4 Å². The fourth-order valence-electron chi connectivity index (χ4n) is 2.55. The summed E-state index contributed by atoms with van der Waals surface area (Å²) < 4.78 is 0. The number of nitrogens with zero attached hydrogens (tertiary/aromatic N) is 1. The van der Waals surface area contributed by atoms with Crippen molar-refractivity contribution in [2.75, 3.05) is 5.32 Å². The van der Waals surface area contributed by atoms with E-state index in [0.717, 1.165) is 5.56 Å². The molecule has 0 bridgehead atoms. The third-order valence-electron chi connectivity index (χ3n) is 3.95. The highest BCUT2D eigenvalue weighted by Gasteiger charge is 2.11. The van der Waals surface area contributed by atoms with Crippen LogP contribution >= 0.6 is 0 Å². The second-order valence-electron chi connectivity index (χ2n) is 5.95. The van der Waals surface area contributed by atoms with Crippen molar-refractivity contribution in [3.8, 4) is 0 Å². The van der Waals surface area contributed by atoms with Gasteiger partial charge in [0, 0.05) is 28.9 Å². The number of nitrogens with one attached hydrogen (secondary N) is 1. The summed E-state index contributed by atoms with van der Waals surface area (Å²) >= 11 is 0. The van der Waals surface area contributed by atoms with Gasteiger partial charge in [0.15, 0.2) is 5.78 Å². The highest BCUT2D eigenvalue weighted by Crippen LogP contribution is 2.17. The van der Waals surface area contributed by atoms with Gasteiger partial charge < -0.3 is 5.32 Å². The first-order valence-electron chi connectivity index (χ1n) is 8.46. The Kier molecular flexibility index (Phi) is 5.72. The number of carbonyl (C=O) groups is 2. The van der Waals surface area contributed by atoms with Crippen molar-refractivity contribution in [2.24, 2.45) is 0 Å². The minimum Gasteiger partial charge on any atom is -0.322 e. The number of anilines is 1. The molecule has 6 heteroatoms. The van der Waals surface area contributed by atoms with E-state index < -0.39 is 10.8 Å². The van der Waals surface area contributed by atoms with Crippen LogP contribution in [0.2, 0.25) is 0 Å². The van der Waals surface area contributed by atoms with Crippen molar-refractivity contribution in [1.29, 1.82) is 0 Å². The monoisotopic (exact) mass is 372 g/mol. The summed E-state index contributed by atoms with van der Waals surface area (Å²) in [7, 11) is 0. The number of allylic oxidation sites excluding steroid dienone is 1. The lowest BCUT2D eigenvalue weighted by Crippen LogP contribution is -2.12. The quantitative estimate of drug-likeness (QED) is 0.293. The lowest BCUT2D eigenvalue weighted by molar-refractivity contribution is -0.384. The molecule has 1 N–H and O–H groups in total. The normalized spacial score (nSPS) is 10.6. The van der Waals surface area contributed by atoms with Gasteiger partial charge >= 0.3 is 0 Å². The summed E-state index contributed by atoms with van der Waals surface area (Å²) in [5.41, 5.74) is 1.89. The lowest BCUT2D eigenvalue weighted by atomic mass is 10.1. The van der Waals surface area contributed by atoms with E-state index in [-0.39, 0.29) is 17.0 Å². The van der Waals surface area contributed by atoms with Crippen LogP contribution in [0.3, 0.4) is 0 Å². The van der Waals surface area contributed by atoms with Crippen LogP contribution in [0.1, 0.15) is 26.3 Å². The van der Waals surface area contributed by atoms with E-state index in [1.54, 1.807) is 54.6 Å². The molecule has 3 aromatic carbocycles. The predicted molar refractivity (Wildman–Crippen MR) is 107 cm³/mol. The van der Waals surface area contributed by atoms with Gasteiger partial charge in [0.25, 0.3) is 11.6 Å². The van der Waals surface area contributed by atoms with Crippen molar-refractivity contribution >= 4 is 29.1 Å². The zero-order valence-corrected chi connectivity index (χ0v) is 14.7. The molecular weight excluding hydrogens is 356 g/mol. The van der Waals surface area contributed by atoms with Crippen LogP contribution < -0.4 is 5.32 Å². The Balaban J connectivity index is 1.72. The van der Waals surface area contributed by atoms with Crippen LogP contribution in [-0.4, -0.2) is 16.6 Å². The Labute approximate surface area is 161 Å². The molecular formula is C22H16N2O4. The number of nitro benzene ring substituents is 1. The first-order chi connectivity index (χ1) is 13.5. The van der Waals surface area contributed by atoms with E-state index in [1.807, 2.05) is 6.07 Å². The molecule has 0 radical (unpaired) electrons. The van der Waals surface area contributed by atoms with Crippen molar-refractivity contribution in [3.63, 3.8) is 0 Å². The number of ketones is 1. The highest BCUT2D eigenvalue weighted by atomic mass is 16.6. The molecule has 28 heavy (non-hydrogen) atoms. The van der Waals surface area contributed by atoms with Crippen LogP contribution in [0, 0.1) is 10.1 Å². The van der Waals surface area contributed by atoms with Crippen LogP contribution in [0.25, 0.3) is 6.08 Å². The molecule has 0 saturated carbocycles. The van der Waals surface area contributed by atoms with Crippen LogP contribution in [0.5, 0.6) is 0 Å². The van der Waals surface area contributed by atoms with E-state index in [0.29, 0.717) is 11.3 Å². The Morgan fingerprint density at radius 2 is 1.57 bits per heavy atom. The van der Waals surface area contributed by atoms with E-state index in [1.165, 1.54) is 30.3 Å². The fraction of sp³-hybridized carbons (Fsp3) is 0. The number of benzene rings is 3. The van der Waals surface area contributed by atoms with E-state index >= 15 is 0 Å². The van der Waals surface area contributed by atoms with Crippen molar-refractivity contribution in [1.82, 2.24) is 0 Å². The number of rotatable bonds is 6. The number of hydrogen-bond acceptors (Lipinski definition) is 4. The van der Waals surface area contributed by atoms with E-state index in [4.69, 9.17) is 0 Å². The summed E-state index contributed by atoms with van der Waals surface area (Å²) in [4.78, 5) is 34.8. The predicted octanol–water partition coefficient (Wildman–Crippen LogP) is 4.74. The molecule has 3 aromatic rings. The summed E-state index contributed by atoms with van der Waals surface area (Å²) in [5.74, 6) is -0.572. The molecule has 1 amide bonds. The standard InChI is InChI=1S/C22H16N2O4/c25-21(17-7-2-1-3-8-17)13-12-16-6-4-10-19(14-16)23-22(26)18-9-5-11-20(15-18)24(27)28/h1-15H,(H,23,26). The Morgan fingerprint density at radius 1 is 0.857 bits per heavy atom. The number of non-ortho nitro benzene ring substituents is 1. The lowest BCUT2D eigenvalue weighted by Gasteiger charge is -2.06. The maximum absolute atomic E-state index is 12.3. The van der Waals surface area contributed by atoms with Gasteiger partial charge in [0.1, 0.15) is 0 Å². The molecule has 6 nitrogen and oxygen atoms in total. The molecule has 0 atom stereocenters. The van der Waals surface area contributed by atoms with Gasteiger partial charge in [-0.25, -0.2) is 0 Å². The molecule has 0 unspecified atom stereocenters. The van der Waals surface area contributed by atoms with E-state index in [9.17, 15) is 19.7 Å². The fourth-order valence-corrected chi connectivity index (χ4v) is 2.55.